The Balaban J connectivity index is 2.60. The first-order valence-corrected chi connectivity index (χ1v) is 6.67. The number of carbonyl (C=O) groups excluding carboxylic acids is 1. The molecule has 0 fully saturated rings. The summed E-state index contributed by atoms with van der Waals surface area (Å²) in [6.07, 6.45) is -4.49. The summed E-state index contributed by atoms with van der Waals surface area (Å²) >= 11 is 3.04. The number of halogens is 4. The minimum Gasteiger partial charge on any atom is -0.465 e. The molecular formula is C15H10BrF3O2. The largest absolute Gasteiger partial charge is 0.465 e. The molecule has 2 aromatic carbocycles. The van der Waals surface area contributed by atoms with Crippen LogP contribution in [0.15, 0.2) is 46.9 Å². The summed E-state index contributed by atoms with van der Waals surface area (Å²) in [5.74, 6) is -0.595. The van der Waals surface area contributed by atoms with Gasteiger partial charge in [0, 0.05) is 4.47 Å². The highest BCUT2D eigenvalue weighted by atomic mass is 79.9. The van der Waals surface area contributed by atoms with E-state index >= 15 is 0 Å². The first kappa shape index (κ1) is 15.6. The Hall–Kier alpha value is -1.82. The maximum atomic E-state index is 13.1. The third kappa shape index (κ3) is 3.44. The number of methoxy groups -OCH3 is 1. The van der Waals surface area contributed by atoms with Gasteiger partial charge in [-0.25, -0.2) is 4.79 Å². The van der Waals surface area contributed by atoms with Gasteiger partial charge >= 0.3 is 12.1 Å². The average Bonchev–Trinajstić information content (AvgIpc) is 2.45. The van der Waals surface area contributed by atoms with Crippen LogP contribution in [0.25, 0.3) is 11.1 Å². The Bertz CT molecular complexity index is 681. The lowest BCUT2D eigenvalue weighted by atomic mass is 9.98. The van der Waals surface area contributed by atoms with Gasteiger partial charge in [-0.2, -0.15) is 13.2 Å². The molecule has 110 valence electrons. The van der Waals surface area contributed by atoms with Crippen molar-refractivity contribution in [3.8, 4) is 11.1 Å². The molecule has 0 aliphatic carbocycles. The Kier molecular flexibility index (Phi) is 4.37. The van der Waals surface area contributed by atoms with E-state index in [1.807, 2.05) is 0 Å². The van der Waals surface area contributed by atoms with Crippen LogP contribution in [0.5, 0.6) is 0 Å². The molecular weight excluding hydrogens is 349 g/mol. The highest BCUT2D eigenvalue weighted by Crippen LogP contribution is 2.38. The van der Waals surface area contributed by atoms with Crippen LogP contribution in [0, 0.1) is 0 Å². The summed E-state index contributed by atoms with van der Waals surface area (Å²) in [5, 5.41) is 0. The smallest absolute Gasteiger partial charge is 0.417 e. The van der Waals surface area contributed by atoms with Crippen LogP contribution in [-0.4, -0.2) is 13.1 Å². The van der Waals surface area contributed by atoms with Crippen molar-refractivity contribution in [3.63, 3.8) is 0 Å². The second-order valence-electron chi connectivity index (χ2n) is 4.26. The van der Waals surface area contributed by atoms with Crippen LogP contribution in [0.3, 0.4) is 0 Å². The monoisotopic (exact) mass is 358 g/mol. The zero-order chi connectivity index (χ0) is 15.6. The molecule has 0 radical (unpaired) electrons. The van der Waals surface area contributed by atoms with Gasteiger partial charge in [0.05, 0.1) is 18.2 Å². The quantitative estimate of drug-likeness (QED) is 0.712. The topological polar surface area (TPSA) is 26.3 Å². The van der Waals surface area contributed by atoms with E-state index in [9.17, 15) is 18.0 Å². The Morgan fingerprint density at radius 2 is 1.86 bits per heavy atom. The number of alkyl halides is 3. The van der Waals surface area contributed by atoms with E-state index in [0.29, 0.717) is 10.0 Å². The van der Waals surface area contributed by atoms with E-state index in [4.69, 9.17) is 0 Å². The van der Waals surface area contributed by atoms with Gasteiger partial charge in [-0.3, -0.25) is 0 Å². The molecule has 2 nitrogen and oxygen atoms in total. The highest BCUT2D eigenvalue weighted by molar-refractivity contribution is 9.10. The predicted octanol–water partition coefficient (Wildman–Crippen LogP) is 4.92. The molecule has 21 heavy (non-hydrogen) atoms. The Labute approximate surface area is 127 Å². The lowest BCUT2D eigenvalue weighted by molar-refractivity contribution is -0.137. The Morgan fingerprint density at radius 3 is 2.48 bits per heavy atom. The van der Waals surface area contributed by atoms with Crippen LogP contribution in [0.4, 0.5) is 13.2 Å². The molecule has 0 saturated heterocycles. The molecule has 0 amide bonds. The number of ether oxygens (including phenoxy) is 1. The van der Waals surface area contributed by atoms with Crippen LogP contribution in [0.2, 0.25) is 0 Å². The third-order valence-electron chi connectivity index (χ3n) is 2.88. The van der Waals surface area contributed by atoms with Gasteiger partial charge in [-0.15, -0.1) is 0 Å². The summed E-state index contributed by atoms with van der Waals surface area (Å²) in [6.45, 7) is 0. The maximum Gasteiger partial charge on any atom is 0.417 e. The molecule has 2 rings (SSSR count). The van der Waals surface area contributed by atoms with Gasteiger partial charge in [0.25, 0.3) is 0 Å². The minimum atomic E-state index is -4.49. The minimum absolute atomic E-state index is 0.0106. The lowest BCUT2D eigenvalue weighted by Crippen LogP contribution is -2.07. The van der Waals surface area contributed by atoms with Gasteiger partial charge < -0.3 is 4.74 Å². The van der Waals surface area contributed by atoms with Crippen molar-refractivity contribution in [1.82, 2.24) is 0 Å². The molecule has 0 spiro atoms. The van der Waals surface area contributed by atoms with Gasteiger partial charge in [-0.1, -0.05) is 34.1 Å². The van der Waals surface area contributed by atoms with E-state index in [1.54, 1.807) is 0 Å². The Morgan fingerprint density at radius 1 is 1.14 bits per heavy atom. The number of rotatable bonds is 2. The number of carbonyl (C=O) groups is 1. The van der Waals surface area contributed by atoms with Gasteiger partial charge in [0.2, 0.25) is 0 Å². The van der Waals surface area contributed by atoms with E-state index < -0.39 is 17.7 Å². The molecule has 0 aromatic heterocycles. The number of hydrogen-bond acceptors (Lipinski definition) is 2. The molecule has 2 aromatic rings. The summed E-state index contributed by atoms with van der Waals surface area (Å²) in [6, 6.07) is 9.80. The number of esters is 1. The standard InChI is InChI=1S/C15H10BrF3O2/c1-21-14(20)10-4-2-3-9(7-10)12-6-5-11(16)8-13(12)15(17,18)19/h2-8H,1H3. The molecule has 0 heterocycles. The van der Waals surface area contributed by atoms with E-state index in [-0.39, 0.29) is 11.1 Å². The highest BCUT2D eigenvalue weighted by Gasteiger charge is 2.33. The molecule has 0 N–H and O–H groups in total. The summed E-state index contributed by atoms with van der Waals surface area (Å²) in [4.78, 5) is 11.5. The SMILES string of the molecule is COC(=O)c1cccc(-c2ccc(Br)cc2C(F)(F)F)c1. The van der Waals surface area contributed by atoms with Crippen molar-refractivity contribution in [2.24, 2.45) is 0 Å². The second kappa shape index (κ2) is 5.89. The summed E-state index contributed by atoms with van der Waals surface area (Å²) in [5.41, 5.74) is -0.251. The predicted molar refractivity (Wildman–Crippen MR) is 75.9 cm³/mol. The van der Waals surface area contributed by atoms with Crippen LogP contribution >= 0.6 is 15.9 Å². The van der Waals surface area contributed by atoms with Crippen molar-refractivity contribution in [3.05, 3.63) is 58.1 Å². The molecule has 0 bridgehead atoms. The van der Waals surface area contributed by atoms with E-state index in [2.05, 4.69) is 20.7 Å². The fourth-order valence-electron chi connectivity index (χ4n) is 1.93. The van der Waals surface area contributed by atoms with Gasteiger partial charge in [0.15, 0.2) is 0 Å². The van der Waals surface area contributed by atoms with Crippen molar-refractivity contribution in [2.45, 2.75) is 6.18 Å². The molecule has 0 unspecified atom stereocenters. The molecule has 0 aliphatic rings. The van der Waals surface area contributed by atoms with Crippen LogP contribution in [0.1, 0.15) is 15.9 Å². The summed E-state index contributed by atoms with van der Waals surface area (Å²) in [7, 11) is 1.22. The van der Waals surface area contributed by atoms with Gasteiger partial charge in [-0.05, 0) is 35.4 Å². The second-order valence-corrected chi connectivity index (χ2v) is 5.18. The zero-order valence-corrected chi connectivity index (χ0v) is 12.5. The zero-order valence-electron chi connectivity index (χ0n) is 10.9. The fraction of sp³-hybridized carbons (Fsp3) is 0.133. The van der Waals surface area contributed by atoms with Crippen LogP contribution in [-0.2, 0) is 10.9 Å². The van der Waals surface area contributed by atoms with Gasteiger partial charge in [0.1, 0.15) is 0 Å². The first-order chi connectivity index (χ1) is 9.82. The maximum absolute atomic E-state index is 13.1. The van der Waals surface area contributed by atoms with E-state index in [1.165, 1.54) is 43.5 Å². The fourth-order valence-corrected chi connectivity index (χ4v) is 2.30. The normalized spacial score (nSPS) is 11.3. The van der Waals surface area contributed by atoms with Crippen molar-refractivity contribution in [2.75, 3.05) is 7.11 Å². The first-order valence-electron chi connectivity index (χ1n) is 5.88. The van der Waals surface area contributed by atoms with Crippen molar-refractivity contribution >= 4 is 21.9 Å². The number of benzene rings is 2. The number of hydrogen-bond donors (Lipinski definition) is 0. The van der Waals surface area contributed by atoms with Crippen molar-refractivity contribution in [1.29, 1.82) is 0 Å². The third-order valence-corrected chi connectivity index (χ3v) is 3.37. The van der Waals surface area contributed by atoms with Crippen LogP contribution < -0.4 is 0 Å². The molecule has 0 atom stereocenters. The molecule has 0 saturated carbocycles. The van der Waals surface area contributed by atoms with E-state index in [0.717, 1.165) is 6.07 Å². The average molecular weight is 359 g/mol. The van der Waals surface area contributed by atoms with Crippen molar-refractivity contribution < 1.29 is 22.7 Å². The molecule has 0 aliphatic heterocycles. The summed E-state index contributed by atoms with van der Waals surface area (Å²) < 4.78 is 44.3. The molecule has 6 heteroatoms. The lowest BCUT2D eigenvalue weighted by Gasteiger charge is -2.14.